The molecule has 0 aromatic carbocycles. The van der Waals surface area contributed by atoms with Gasteiger partial charge >= 0.3 is 0 Å². The molecule has 0 atom stereocenters. The van der Waals surface area contributed by atoms with E-state index in [1.807, 2.05) is 20.8 Å². The van der Waals surface area contributed by atoms with E-state index in [4.69, 9.17) is 10.9 Å². The summed E-state index contributed by atoms with van der Waals surface area (Å²) in [7, 11) is 2.11. The van der Waals surface area contributed by atoms with Crippen molar-refractivity contribution >= 4 is 17.2 Å². The van der Waals surface area contributed by atoms with Gasteiger partial charge in [0.2, 0.25) is 0 Å². The van der Waals surface area contributed by atoms with Crippen LogP contribution in [0, 0.1) is 12.3 Å². The number of amidine groups is 1. The Hall–Kier alpha value is -1.14. The quantitative estimate of drug-likeness (QED) is 0.254. The van der Waals surface area contributed by atoms with Gasteiger partial charge in [0.25, 0.3) is 0 Å². The zero-order chi connectivity index (χ0) is 15.2. The van der Waals surface area contributed by atoms with E-state index in [-0.39, 0.29) is 5.41 Å². The number of unbranched alkanes of at least 4 members (excludes halogenated alkanes) is 1. The minimum absolute atomic E-state index is 0.237. The SMILES string of the molecule is Cc1nc(CN(C)CCCCC(C)(C)C(N)=NO)cs1. The number of hydrogen-bond acceptors (Lipinski definition) is 5. The second kappa shape index (κ2) is 7.59. The molecule has 1 aromatic rings. The van der Waals surface area contributed by atoms with Crippen molar-refractivity contribution in [2.75, 3.05) is 13.6 Å². The molecule has 0 radical (unpaired) electrons. The van der Waals surface area contributed by atoms with Crippen LogP contribution >= 0.6 is 11.3 Å². The lowest BCUT2D eigenvalue weighted by Gasteiger charge is -2.23. The highest BCUT2D eigenvalue weighted by atomic mass is 32.1. The van der Waals surface area contributed by atoms with Crippen LogP contribution in [-0.4, -0.2) is 34.5 Å². The van der Waals surface area contributed by atoms with Crippen LogP contribution in [0.1, 0.15) is 43.8 Å². The van der Waals surface area contributed by atoms with Crippen LogP contribution < -0.4 is 5.73 Å². The number of oxime groups is 1. The lowest BCUT2D eigenvalue weighted by Crippen LogP contribution is -2.32. The molecule has 1 aromatic heterocycles. The number of aryl methyl sites for hydroxylation is 1. The molecular formula is C14H26N4OS. The first kappa shape index (κ1) is 16.9. The molecule has 0 aliphatic heterocycles. The predicted octanol–water partition coefficient (Wildman–Crippen LogP) is 2.83. The summed E-state index contributed by atoms with van der Waals surface area (Å²) in [4.78, 5) is 6.75. The Morgan fingerprint density at radius 3 is 2.75 bits per heavy atom. The topological polar surface area (TPSA) is 74.7 Å². The third kappa shape index (κ3) is 5.46. The highest BCUT2D eigenvalue weighted by Gasteiger charge is 2.22. The Bertz CT molecular complexity index is 442. The lowest BCUT2D eigenvalue weighted by atomic mass is 9.86. The molecule has 114 valence electrons. The maximum atomic E-state index is 8.73. The van der Waals surface area contributed by atoms with E-state index >= 15 is 0 Å². The molecule has 0 fully saturated rings. The van der Waals surface area contributed by atoms with Crippen LogP contribution in [0.2, 0.25) is 0 Å². The molecule has 0 aliphatic rings. The summed E-state index contributed by atoms with van der Waals surface area (Å²) in [5, 5.41) is 15.1. The Labute approximate surface area is 125 Å². The summed E-state index contributed by atoms with van der Waals surface area (Å²) in [6, 6.07) is 0. The highest BCUT2D eigenvalue weighted by Crippen LogP contribution is 2.23. The minimum atomic E-state index is -0.237. The number of thiazole rings is 1. The molecule has 6 heteroatoms. The first-order valence-corrected chi connectivity index (χ1v) is 7.80. The number of rotatable bonds is 8. The molecular weight excluding hydrogens is 272 g/mol. The predicted molar refractivity (Wildman–Crippen MR) is 84.2 cm³/mol. The Balaban J connectivity index is 2.24. The van der Waals surface area contributed by atoms with Gasteiger partial charge in [0.05, 0.1) is 10.7 Å². The van der Waals surface area contributed by atoms with Crippen molar-refractivity contribution < 1.29 is 5.21 Å². The van der Waals surface area contributed by atoms with Crippen molar-refractivity contribution in [3.8, 4) is 0 Å². The summed E-state index contributed by atoms with van der Waals surface area (Å²) in [5.74, 6) is 0.309. The summed E-state index contributed by atoms with van der Waals surface area (Å²) in [6.45, 7) is 7.97. The van der Waals surface area contributed by atoms with Crippen molar-refractivity contribution in [3.63, 3.8) is 0 Å². The van der Waals surface area contributed by atoms with E-state index < -0.39 is 0 Å². The molecule has 0 amide bonds. The molecule has 0 aliphatic carbocycles. The normalized spacial score (nSPS) is 13.2. The molecule has 3 N–H and O–H groups in total. The van der Waals surface area contributed by atoms with E-state index in [1.165, 1.54) is 0 Å². The van der Waals surface area contributed by atoms with Crippen molar-refractivity contribution in [2.24, 2.45) is 16.3 Å². The van der Waals surface area contributed by atoms with Gasteiger partial charge in [-0.25, -0.2) is 4.98 Å². The second-order valence-corrected chi connectivity index (χ2v) is 6.98. The second-order valence-electron chi connectivity index (χ2n) is 5.92. The van der Waals surface area contributed by atoms with Crippen LogP contribution in [0.4, 0.5) is 0 Å². The average molecular weight is 298 g/mol. The maximum Gasteiger partial charge on any atom is 0.144 e. The van der Waals surface area contributed by atoms with E-state index in [0.717, 1.165) is 43.1 Å². The Morgan fingerprint density at radius 2 is 2.20 bits per heavy atom. The molecule has 0 saturated carbocycles. The number of aromatic nitrogens is 1. The fourth-order valence-corrected chi connectivity index (χ4v) is 2.65. The fourth-order valence-electron chi connectivity index (χ4n) is 2.05. The first-order chi connectivity index (χ1) is 9.35. The van der Waals surface area contributed by atoms with Crippen LogP contribution in [0.25, 0.3) is 0 Å². The third-order valence-corrected chi connectivity index (χ3v) is 4.31. The summed E-state index contributed by atoms with van der Waals surface area (Å²) in [6.07, 6.45) is 3.08. The van der Waals surface area contributed by atoms with Gasteiger partial charge in [-0.05, 0) is 33.4 Å². The van der Waals surface area contributed by atoms with Crippen molar-refractivity contribution in [3.05, 3.63) is 16.1 Å². The summed E-state index contributed by atoms with van der Waals surface area (Å²) >= 11 is 1.70. The van der Waals surface area contributed by atoms with Crippen LogP contribution in [0.15, 0.2) is 10.5 Å². The van der Waals surface area contributed by atoms with Crippen LogP contribution in [0.5, 0.6) is 0 Å². The van der Waals surface area contributed by atoms with Crippen LogP contribution in [0.3, 0.4) is 0 Å². The largest absolute Gasteiger partial charge is 0.409 e. The monoisotopic (exact) mass is 298 g/mol. The highest BCUT2D eigenvalue weighted by molar-refractivity contribution is 7.09. The number of nitrogens with two attached hydrogens (primary N) is 1. The van der Waals surface area contributed by atoms with Gasteiger partial charge in [-0.3, -0.25) is 0 Å². The maximum absolute atomic E-state index is 8.73. The van der Waals surface area contributed by atoms with Gasteiger partial charge in [0.1, 0.15) is 5.84 Å². The standard InChI is InChI=1S/C14H26N4OS/c1-11-16-12(10-20-11)9-18(4)8-6-5-7-14(2,3)13(15)17-19/h10,19H,5-9H2,1-4H3,(H2,15,17). The van der Waals surface area contributed by atoms with Crippen molar-refractivity contribution in [2.45, 2.75) is 46.6 Å². The summed E-state index contributed by atoms with van der Waals surface area (Å²) < 4.78 is 0. The molecule has 1 heterocycles. The van der Waals surface area contributed by atoms with Crippen molar-refractivity contribution in [1.29, 1.82) is 0 Å². The molecule has 5 nitrogen and oxygen atoms in total. The van der Waals surface area contributed by atoms with E-state index in [1.54, 1.807) is 11.3 Å². The van der Waals surface area contributed by atoms with Gasteiger partial charge in [-0.1, -0.05) is 25.4 Å². The molecule has 0 unspecified atom stereocenters. The molecule has 1 rings (SSSR count). The summed E-state index contributed by atoms with van der Waals surface area (Å²) in [5.41, 5.74) is 6.59. The minimum Gasteiger partial charge on any atom is -0.409 e. The zero-order valence-electron chi connectivity index (χ0n) is 12.9. The smallest absolute Gasteiger partial charge is 0.144 e. The van der Waals surface area contributed by atoms with Gasteiger partial charge in [-0.15, -0.1) is 11.3 Å². The van der Waals surface area contributed by atoms with Gasteiger partial charge in [0, 0.05) is 17.3 Å². The van der Waals surface area contributed by atoms with Crippen LogP contribution in [-0.2, 0) is 6.54 Å². The molecule has 0 spiro atoms. The van der Waals surface area contributed by atoms with E-state index in [2.05, 4.69) is 27.5 Å². The van der Waals surface area contributed by atoms with Gasteiger partial charge in [-0.2, -0.15) is 0 Å². The Kier molecular flexibility index (Phi) is 6.42. The molecule has 0 bridgehead atoms. The van der Waals surface area contributed by atoms with Gasteiger partial charge < -0.3 is 15.8 Å². The van der Waals surface area contributed by atoms with E-state index in [0.29, 0.717) is 5.84 Å². The van der Waals surface area contributed by atoms with E-state index in [9.17, 15) is 0 Å². The Morgan fingerprint density at radius 1 is 1.50 bits per heavy atom. The zero-order valence-corrected chi connectivity index (χ0v) is 13.7. The number of hydrogen-bond donors (Lipinski definition) is 2. The number of nitrogens with zero attached hydrogens (tertiary/aromatic N) is 3. The fraction of sp³-hybridized carbons (Fsp3) is 0.714. The molecule has 0 saturated heterocycles. The molecule has 20 heavy (non-hydrogen) atoms. The third-order valence-electron chi connectivity index (χ3n) is 3.49. The first-order valence-electron chi connectivity index (χ1n) is 6.92. The van der Waals surface area contributed by atoms with Crippen molar-refractivity contribution in [1.82, 2.24) is 9.88 Å². The lowest BCUT2D eigenvalue weighted by molar-refractivity contribution is 0.294. The van der Waals surface area contributed by atoms with Gasteiger partial charge in [0.15, 0.2) is 0 Å². The average Bonchev–Trinajstić information content (AvgIpc) is 2.79.